The number of hydrogen-bond acceptors (Lipinski definition) is 1. The SMILES string of the molecule is POCc1ccccc1.c1ccc(-c2ccccc2)cc1. The van der Waals surface area contributed by atoms with E-state index >= 15 is 0 Å². The van der Waals surface area contributed by atoms with Gasteiger partial charge in [-0.05, 0) is 16.7 Å². The van der Waals surface area contributed by atoms with E-state index in [0.717, 1.165) is 0 Å². The Morgan fingerprint density at radius 2 is 0.952 bits per heavy atom. The zero-order valence-corrected chi connectivity index (χ0v) is 13.0. The fraction of sp³-hybridized carbons (Fsp3) is 0.0526. The number of hydrogen-bond donors (Lipinski definition) is 0. The highest BCUT2D eigenvalue weighted by atomic mass is 31.0. The molecule has 0 amide bonds. The summed E-state index contributed by atoms with van der Waals surface area (Å²) in [4.78, 5) is 0. The average Bonchev–Trinajstić information content (AvgIpc) is 2.58. The minimum Gasteiger partial charge on any atom is -0.361 e. The standard InChI is InChI=1S/C12H10.C7H9OP/c1-3-7-11(8-4-1)12-9-5-2-6-10-12;9-8-6-7-4-2-1-3-5-7/h1-10H;1-5H,6,9H2. The molecular formula is C19H19OP. The van der Waals surface area contributed by atoms with Crippen molar-refractivity contribution in [3.8, 4) is 11.1 Å². The summed E-state index contributed by atoms with van der Waals surface area (Å²) in [6, 6.07) is 30.8. The number of rotatable bonds is 3. The Bertz CT molecular complexity index is 571. The van der Waals surface area contributed by atoms with Crippen molar-refractivity contribution < 1.29 is 4.52 Å². The van der Waals surface area contributed by atoms with Crippen LogP contribution in [0.25, 0.3) is 11.1 Å². The van der Waals surface area contributed by atoms with Crippen molar-refractivity contribution in [2.24, 2.45) is 0 Å². The van der Waals surface area contributed by atoms with E-state index in [1.54, 1.807) is 0 Å². The molecule has 0 aliphatic heterocycles. The summed E-state index contributed by atoms with van der Waals surface area (Å²) in [5, 5.41) is 0. The first kappa shape index (κ1) is 15.4. The van der Waals surface area contributed by atoms with Gasteiger partial charge in [-0.2, -0.15) is 0 Å². The van der Waals surface area contributed by atoms with E-state index in [9.17, 15) is 0 Å². The Morgan fingerprint density at radius 3 is 1.33 bits per heavy atom. The molecule has 0 aromatic heterocycles. The van der Waals surface area contributed by atoms with Crippen LogP contribution >= 0.6 is 9.47 Å². The van der Waals surface area contributed by atoms with Gasteiger partial charge in [0.25, 0.3) is 0 Å². The van der Waals surface area contributed by atoms with E-state index in [1.807, 2.05) is 42.5 Å². The topological polar surface area (TPSA) is 9.23 Å². The maximum Gasteiger partial charge on any atom is 0.0752 e. The third-order valence-corrected chi connectivity index (χ3v) is 3.14. The largest absolute Gasteiger partial charge is 0.361 e. The molecule has 0 spiro atoms. The summed E-state index contributed by atoms with van der Waals surface area (Å²) in [6.07, 6.45) is 0. The van der Waals surface area contributed by atoms with Gasteiger partial charge in [-0.15, -0.1) is 0 Å². The van der Waals surface area contributed by atoms with E-state index in [0.29, 0.717) is 6.61 Å². The highest BCUT2D eigenvalue weighted by Gasteiger charge is 1.91. The van der Waals surface area contributed by atoms with Crippen LogP contribution in [0.3, 0.4) is 0 Å². The van der Waals surface area contributed by atoms with E-state index in [2.05, 4.69) is 58.0 Å². The Labute approximate surface area is 128 Å². The Balaban J connectivity index is 0.000000161. The lowest BCUT2D eigenvalue weighted by Crippen LogP contribution is -1.79. The minimum absolute atomic E-state index is 0.672. The van der Waals surface area contributed by atoms with Crippen molar-refractivity contribution in [3.63, 3.8) is 0 Å². The predicted octanol–water partition coefficient (Wildman–Crippen LogP) is 5.35. The van der Waals surface area contributed by atoms with Crippen molar-refractivity contribution in [1.82, 2.24) is 0 Å². The minimum atomic E-state index is 0.672. The number of benzene rings is 3. The van der Waals surface area contributed by atoms with Crippen LogP contribution in [0, 0.1) is 0 Å². The molecular weight excluding hydrogens is 275 g/mol. The normalized spacial score (nSPS) is 9.57. The summed E-state index contributed by atoms with van der Waals surface area (Å²) >= 11 is 0. The fourth-order valence-corrected chi connectivity index (χ4v) is 2.12. The van der Waals surface area contributed by atoms with Crippen LogP contribution in [-0.2, 0) is 11.1 Å². The monoisotopic (exact) mass is 294 g/mol. The first-order valence-electron chi connectivity index (χ1n) is 6.86. The van der Waals surface area contributed by atoms with Crippen molar-refractivity contribution in [2.45, 2.75) is 6.61 Å². The lowest BCUT2D eigenvalue weighted by Gasteiger charge is -1.98. The molecule has 3 aromatic rings. The van der Waals surface area contributed by atoms with Crippen LogP contribution in [0.15, 0.2) is 91.0 Å². The molecule has 0 aliphatic rings. The molecule has 0 aliphatic carbocycles. The van der Waals surface area contributed by atoms with E-state index in [1.165, 1.54) is 16.7 Å². The van der Waals surface area contributed by atoms with Crippen LogP contribution in [0.2, 0.25) is 0 Å². The van der Waals surface area contributed by atoms with Crippen molar-refractivity contribution in [2.75, 3.05) is 0 Å². The molecule has 0 radical (unpaired) electrons. The lowest BCUT2D eigenvalue weighted by molar-refractivity contribution is 0.362. The van der Waals surface area contributed by atoms with E-state index in [4.69, 9.17) is 4.52 Å². The van der Waals surface area contributed by atoms with Crippen molar-refractivity contribution in [1.29, 1.82) is 0 Å². The highest BCUT2D eigenvalue weighted by molar-refractivity contribution is 7.09. The van der Waals surface area contributed by atoms with E-state index < -0.39 is 0 Å². The molecule has 3 aromatic carbocycles. The molecule has 3 rings (SSSR count). The molecule has 106 valence electrons. The van der Waals surface area contributed by atoms with Crippen LogP contribution < -0.4 is 0 Å². The molecule has 0 N–H and O–H groups in total. The van der Waals surface area contributed by atoms with Gasteiger partial charge in [0.05, 0.1) is 6.61 Å². The van der Waals surface area contributed by atoms with Gasteiger partial charge in [-0.3, -0.25) is 0 Å². The van der Waals surface area contributed by atoms with Gasteiger partial charge in [-0.1, -0.05) is 91.0 Å². The molecule has 2 heteroatoms. The Kier molecular flexibility index (Phi) is 6.67. The van der Waals surface area contributed by atoms with Crippen molar-refractivity contribution in [3.05, 3.63) is 96.6 Å². The van der Waals surface area contributed by atoms with Gasteiger partial charge in [-0.25, -0.2) is 0 Å². The van der Waals surface area contributed by atoms with Crippen LogP contribution in [0.1, 0.15) is 5.56 Å². The molecule has 0 fully saturated rings. The maximum absolute atomic E-state index is 4.84. The second kappa shape index (κ2) is 9.07. The Morgan fingerprint density at radius 1 is 0.571 bits per heavy atom. The molecule has 0 saturated carbocycles. The van der Waals surface area contributed by atoms with Gasteiger partial charge in [0.15, 0.2) is 0 Å². The van der Waals surface area contributed by atoms with Crippen molar-refractivity contribution >= 4 is 9.47 Å². The smallest absolute Gasteiger partial charge is 0.0752 e. The summed E-state index contributed by atoms with van der Waals surface area (Å²) in [6.45, 7) is 0.672. The summed E-state index contributed by atoms with van der Waals surface area (Å²) in [7, 11) is 2.23. The van der Waals surface area contributed by atoms with Gasteiger partial charge < -0.3 is 4.52 Å². The predicted molar refractivity (Wildman–Crippen MR) is 92.8 cm³/mol. The molecule has 1 atom stereocenters. The second-order valence-electron chi connectivity index (χ2n) is 4.53. The summed E-state index contributed by atoms with van der Waals surface area (Å²) in [5.41, 5.74) is 3.75. The lowest BCUT2D eigenvalue weighted by atomic mass is 10.1. The van der Waals surface area contributed by atoms with Crippen LogP contribution in [-0.4, -0.2) is 0 Å². The molecule has 0 bridgehead atoms. The summed E-state index contributed by atoms with van der Waals surface area (Å²) in [5.74, 6) is 0. The van der Waals surface area contributed by atoms with Gasteiger partial charge in [0.1, 0.15) is 0 Å². The summed E-state index contributed by atoms with van der Waals surface area (Å²) < 4.78 is 4.84. The van der Waals surface area contributed by atoms with Gasteiger partial charge >= 0.3 is 0 Å². The quantitative estimate of drug-likeness (QED) is 0.592. The molecule has 1 unspecified atom stereocenters. The fourth-order valence-electron chi connectivity index (χ4n) is 1.93. The first-order chi connectivity index (χ1) is 10.4. The first-order valence-corrected chi connectivity index (χ1v) is 7.33. The zero-order valence-electron chi connectivity index (χ0n) is 11.9. The molecule has 1 nitrogen and oxygen atoms in total. The molecule has 0 saturated heterocycles. The van der Waals surface area contributed by atoms with Crippen LogP contribution in [0.4, 0.5) is 0 Å². The second-order valence-corrected chi connectivity index (χ2v) is 4.86. The third-order valence-electron chi connectivity index (χ3n) is 2.97. The molecule has 21 heavy (non-hydrogen) atoms. The molecule has 0 heterocycles. The highest BCUT2D eigenvalue weighted by Crippen LogP contribution is 2.17. The average molecular weight is 294 g/mol. The maximum atomic E-state index is 4.84. The van der Waals surface area contributed by atoms with Gasteiger partial charge in [0, 0.05) is 9.47 Å². The zero-order chi connectivity index (χ0) is 14.8. The van der Waals surface area contributed by atoms with Gasteiger partial charge in [0.2, 0.25) is 0 Å². The Hall–Kier alpha value is -1.95. The third kappa shape index (κ3) is 5.51. The van der Waals surface area contributed by atoms with E-state index in [-0.39, 0.29) is 0 Å². The van der Waals surface area contributed by atoms with Crippen LogP contribution in [0.5, 0.6) is 0 Å².